The second-order valence-corrected chi connectivity index (χ2v) is 12.4. The second kappa shape index (κ2) is 10.9. The smallest absolute Gasteiger partial charge is 0.267 e. The summed E-state index contributed by atoms with van der Waals surface area (Å²) in [5.74, 6) is -1.42. The third kappa shape index (κ3) is 5.51. The van der Waals surface area contributed by atoms with E-state index in [0.29, 0.717) is 28.7 Å². The van der Waals surface area contributed by atoms with Gasteiger partial charge in [0.05, 0.1) is 21.3 Å². The molecule has 5 aromatic rings. The number of carbonyl (C=O) groups is 1. The highest BCUT2D eigenvalue weighted by Crippen LogP contribution is 2.31. The van der Waals surface area contributed by atoms with Crippen molar-refractivity contribution in [2.45, 2.75) is 17.9 Å². The number of rotatable bonds is 6. The highest BCUT2D eigenvalue weighted by atomic mass is 32.2. The van der Waals surface area contributed by atoms with Gasteiger partial charge in [-0.25, -0.2) is 22.2 Å². The minimum absolute atomic E-state index is 0.0743. The predicted octanol–water partition coefficient (Wildman–Crippen LogP) is 6.00. The van der Waals surface area contributed by atoms with Crippen LogP contribution in [0.1, 0.15) is 27.0 Å². The Kier molecular flexibility index (Phi) is 7.16. The number of benzene rings is 4. The Balaban J connectivity index is 1.30. The number of aromatic nitrogens is 1. The summed E-state index contributed by atoms with van der Waals surface area (Å²) in [6.07, 6.45) is 2.01. The Bertz CT molecular complexity index is 1890. The first-order valence-electron chi connectivity index (χ1n) is 12.6. The molecule has 0 radical (unpaired) electrons. The van der Waals surface area contributed by atoms with E-state index in [1.165, 1.54) is 77.2 Å². The molecule has 0 N–H and O–H groups in total. The summed E-state index contributed by atoms with van der Waals surface area (Å²) in [6.45, 7) is 0.646. The van der Waals surface area contributed by atoms with Crippen molar-refractivity contribution >= 4 is 48.8 Å². The van der Waals surface area contributed by atoms with Gasteiger partial charge in [0, 0.05) is 18.7 Å². The molecule has 6 rings (SSSR count). The molecule has 1 aromatic heterocycles. The lowest BCUT2D eigenvalue weighted by Crippen LogP contribution is -2.36. The Hall–Kier alpha value is -4.32. The molecule has 0 atom stereocenters. The van der Waals surface area contributed by atoms with E-state index in [1.54, 1.807) is 0 Å². The van der Waals surface area contributed by atoms with Gasteiger partial charge in [0.1, 0.15) is 11.6 Å². The zero-order valence-corrected chi connectivity index (χ0v) is 23.1. The third-order valence-electron chi connectivity index (χ3n) is 6.74. The standard InChI is InChI=1S/C30H22F2N4O3S2/c31-24-9-5-20(6-10-24)18-33-36(30-34-27-14-11-25(32)17-28(27)40-30)29(37)22-7-12-26(13-8-22)41(38,39)35-16-15-21-3-1-2-4-23(21)19-35/h1-14,17-18H,15-16,19H2/b33-18+. The largest absolute Gasteiger partial charge is 0.280 e. The molecule has 0 aliphatic carbocycles. The first kappa shape index (κ1) is 26.9. The summed E-state index contributed by atoms with van der Waals surface area (Å²) >= 11 is 1.08. The monoisotopic (exact) mass is 588 g/mol. The molecule has 7 nitrogen and oxygen atoms in total. The normalized spacial score (nSPS) is 13.9. The Morgan fingerprint density at radius 3 is 2.39 bits per heavy atom. The van der Waals surface area contributed by atoms with Crippen molar-refractivity contribution in [3.8, 4) is 0 Å². The fourth-order valence-corrected chi connectivity index (χ4v) is 6.92. The van der Waals surface area contributed by atoms with E-state index in [0.717, 1.165) is 27.5 Å². The lowest BCUT2D eigenvalue weighted by Gasteiger charge is -2.28. The van der Waals surface area contributed by atoms with Crippen LogP contribution in [0, 0.1) is 11.6 Å². The first-order valence-corrected chi connectivity index (χ1v) is 14.9. The number of amides is 1. The fraction of sp³-hybridized carbons (Fsp3) is 0.100. The van der Waals surface area contributed by atoms with Crippen LogP contribution >= 0.6 is 11.3 Å². The zero-order chi connectivity index (χ0) is 28.6. The van der Waals surface area contributed by atoms with Gasteiger partial charge in [0.2, 0.25) is 15.2 Å². The van der Waals surface area contributed by atoms with Gasteiger partial charge in [0.15, 0.2) is 0 Å². The maximum absolute atomic E-state index is 13.8. The Morgan fingerprint density at radius 2 is 1.63 bits per heavy atom. The van der Waals surface area contributed by atoms with Gasteiger partial charge < -0.3 is 0 Å². The molecule has 0 unspecified atom stereocenters. The number of anilines is 1. The summed E-state index contributed by atoms with van der Waals surface area (Å²) < 4.78 is 55.9. The lowest BCUT2D eigenvalue weighted by atomic mass is 10.0. The van der Waals surface area contributed by atoms with Crippen molar-refractivity contribution in [2.24, 2.45) is 5.10 Å². The maximum atomic E-state index is 13.8. The van der Waals surface area contributed by atoms with Gasteiger partial charge in [-0.3, -0.25) is 4.79 Å². The minimum atomic E-state index is -3.79. The number of hydrogen-bond acceptors (Lipinski definition) is 6. The number of carbonyl (C=O) groups excluding carboxylic acids is 1. The molecule has 0 saturated heterocycles. The van der Waals surface area contributed by atoms with E-state index >= 15 is 0 Å². The van der Waals surface area contributed by atoms with Gasteiger partial charge in [-0.15, -0.1) is 0 Å². The van der Waals surface area contributed by atoms with E-state index in [4.69, 9.17) is 0 Å². The van der Waals surface area contributed by atoms with Gasteiger partial charge in [-0.05, 0) is 77.7 Å². The lowest BCUT2D eigenvalue weighted by molar-refractivity contribution is 0.0987. The van der Waals surface area contributed by atoms with Gasteiger partial charge >= 0.3 is 0 Å². The van der Waals surface area contributed by atoms with E-state index < -0.39 is 27.6 Å². The van der Waals surface area contributed by atoms with Crippen molar-refractivity contribution in [3.05, 3.63) is 125 Å². The van der Waals surface area contributed by atoms with Crippen molar-refractivity contribution in [1.82, 2.24) is 9.29 Å². The molecule has 0 fully saturated rings. The second-order valence-electron chi connectivity index (χ2n) is 9.40. The topological polar surface area (TPSA) is 82.9 Å². The van der Waals surface area contributed by atoms with Crippen LogP contribution < -0.4 is 5.01 Å². The number of sulfonamides is 1. The molecule has 1 aliphatic rings. The van der Waals surface area contributed by atoms with Crippen molar-refractivity contribution in [1.29, 1.82) is 0 Å². The summed E-state index contributed by atoms with van der Waals surface area (Å²) in [4.78, 5) is 18.2. The molecule has 0 saturated carbocycles. The molecule has 1 aliphatic heterocycles. The first-order chi connectivity index (χ1) is 19.8. The average Bonchev–Trinajstić information content (AvgIpc) is 3.40. The van der Waals surface area contributed by atoms with Crippen molar-refractivity contribution < 1.29 is 22.0 Å². The molecule has 11 heteroatoms. The van der Waals surface area contributed by atoms with Gasteiger partial charge in [-0.2, -0.15) is 14.4 Å². The zero-order valence-electron chi connectivity index (χ0n) is 21.4. The summed E-state index contributed by atoms with van der Waals surface area (Å²) in [6, 6.07) is 23.1. The van der Waals surface area contributed by atoms with Crippen LogP contribution in [0.2, 0.25) is 0 Å². The maximum Gasteiger partial charge on any atom is 0.280 e. The van der Waals surface area contributed by atoms with Crippen LogP contribution in [0.4, 0.5) is 13.9 Å². The quantitative estimate of drug-likeness (QED) is 0.180. The van der Waals surface area contributed by atoms with Gasteiger partial charge in [0.25, 0.3) is 5.91 Å². The van der Waals surface area contributed by atoms with Crippen LogP contribution in [0.3, 0.4) is 0 Å². The van der Waals surface area contributed by atoms with Crippen LogP contribution in [-0.4, -0.2) is 36.4 Å². The molecule has 0 bridgehead atoms. The molecule has 2 heterocycles. The summed E-state index contributed by atoms with van der Waals surface area (Å²) in [7, 11) is -3.79. The molecular weight excluding hydrogens is 566 g/mol. The molecule has 4 aromatic carbocycles. The molecule has 41 heavy (non-hydrogen) atoms. The van der Waals surface area contributed by atoms with E-state index in [9.17, 15) is 22.0 Å². The predicted molar refractivity (Wildman–Crippen MR) is 155 cm³/mol. The number of hydrogen-bond donors (Lipinski definition) is 0. The van der Waals surface area contributed by atoms with Crippen molar-refractivity contribution in [2.75, 3.05) is 11.6 Å². The number of nitrogens with zero attached hydrogens (tertiary/aromatic N) is 4. The van der Waals surface area contributed by atoms with Crippen LogP contribution in [-0.2, 0) is 23.0 Å². The summed E-state index contributed by atoms with van der Waals surface area (Å²) in [5, 5.41) is 5.58. The number of hydrazone groups is 1. The Morgan fingerprint density at radius 1 is 0.927 bits per heavy atom. The molecule has 1 amide bonds. The van der Waals surface area contributed by atoms with Crippen molar-refractivity contribution in [3.63, 3.8) is 0 Å². The highest BCUT2D eigenvalue weighted by molar-refractivity contribution is 7.89. The van der Waals surface area contributed by atoms with Crippen LogP contribution in [0.5, 0.6) is 0 Å². The fourth-order valence-electron chi connectivity index (χ4n) is 4.55. The molecule has 0 spiro atoms. The van der Waals surface area contributed by atoms with E-state index in [1.807, 2.05) is 24.3 Å². The highest BCUT2D eigenvalue weighted by Gasteiger charge is 2.29. The van der Waals surface area contributed by atoms with Gasteiger partial charge in [-0.1, -0.05) is 47.7 Å². The number of fused-ring (bicyclic) bond motifs is 2. The SMILES string of the molecule is O=C(c1ccc(S(=O)(=O)N2CCc3ccccc3C2)cc1)N(/N=C/c1ccc(F)cc1)c1nc2ccc(F)cc2s1. The third-order valence-corrected chi connectivity index (χ3v) is 9.59. The molecular formula is C30H22F2N4O3S2. The number of halogens is 2. The van der Waals surface area contributed by atoms with Crippen LogP contribution in [0.25, 0.3) is 10.2 Å². The van der Waals surface area contributed by atoms with Crippen LogP contribution in [0.15, 0.2) is 101 Å². The molecule has 206 valence electrons. The summed E-state index contributed by atoms with van der Waals surface area (Å²) in [5.41, 5.74) is 3.32. The van der Waals surface area contributed by atoms with E-state index in [2.05, 4.69) is 10.1 Å². The average molecular weight is 589 g/mol. The Labute approximate surface area is 239 Å². The minimum Gasteiger partial charge on any atom is -0.267 e. The number of thiazole rings is 1. The van der Waals surface area contributed by atoms with E-state index in [-0.39, 0.29) is 22.1 Å².